The Balaban J connectivity index is 3.97. The molecule has 0 fully saturated rings. The van der Waals surface area contributed by atoms with Gasteiger partial charge in [0.1, 0.15) is 5.78 Å². The first-order valence-electron chi connectivity index (χ1n) is 6.76. The third kappa shape index (κ3) is 10.2. The molecule has 0 rings (SSSR count). The van der Waals surface area contributed by atoms with Crippen LogP contribution in [-0.2, 0) is 4.79 Å². The molecule has 17 heavy (non-hydrogen) atoms. The van der Waals surface area contributed by atoms with Crippen molar-refractivity contribution >= 4 is 5.78 Å². The Hall–Kier alpha value is -0.730. The number of nitroso groups, excluding NO2 is 1. The number of carbonyl (C=O) groups excluding carboxylic acids is 1. The highest BCUT2D eigenvalue weighted by Crippen LogP contribution is 2.24. The minimum absolute atomic E-state index is 0.137. The molecular weight excluding hydrogens is 214 g/mol. The first-order valence-corrected chi connectivity index (χ1v) is 6.76. The van der Waals surface area contributed by atoms with Crippen molar-refractivity contribution in [2.24, 2.45) is 22.9 Å². The highest BCUT2D eigenvalue weighted by Gasteiger charge is 2.14. The first-order chi connectivity index (χ1) is 7.95. The van der Waals surface area contributed by atoms with Crippen molar-refractivity contribution in [3.63, 3.8) is 0 Å². The van der Waals surface area contributed by atoms with E-state index >= 15 is 0 Å². The number of Topliss-reactive ketones (excluding diaryl/α,β-unsaturated/α-hetero) is 1. The van der Waals surface area contributed by atoms with Gasteiger partial charge in [0.2, 0.25) is 0 Å². The van der Waals surface area contributed by atoms with Crippen molar-refractivity contribution in [1.29, 1.82) is 0 Å². The molecular formula is C14H27NO2. The number of carbonyl (C=O) groups is 1. The Bertz CT molecular complexity index is 214. The fourth-order valence-electron chi connectivity index (χ4n) is 2.33. The van der Waals surface area contributed by atoms with Gasteiger partial charge in [-0.25, -0.2) is 0 Å². The molecule has 0 saturated heterocycles. The summed E-state index contributed by atoms with van der Waals surface area (Å²) in [5.41, 5.74) is 0. The molecule has 100 valence electrons. The lowest BCUT2D eigenvalue weighted by atomic mass is 9.85. The summed E-state index contributed by atoms with van der Waals surface area (Å²) < 4.78 is 0. The molecule has 0 amide bonds. The largest absolute Gasteiger partial charge is 0.300 e. The van der Waals surface area contributed by atoms with Crippen molar-refractivity contribution in [2.45, 2.75) is 59.8 Å². The van der Waals surface area contributed by atoms with Crippen molar-refractivity contribution in [1.82, 2.24) is 0 Å². The summed E-state index contributed by atoms with van der Waals surface area (Å²) in [6, 6.07) is 0. The highest BCUT2D eigenvalue weighted by atomic mass is 16.3. The lowest BCUT2D eigenvalue weighted by molar-refractivity contribution is -0.119. The van der Waals surface area contributed by atoms with Crippen LogP contribution in [-0.4, -0.2) is 12.3 Å². The van der Waals surface area contributed by atoms with Crippen LogP contribution in [0.1, 0.15) is 59.8 Å². The summed E-state index contributed by atoms with van der Waals surface area (Å²) in [5, 5.41) is 2.73. The number of hydrogen-bond donors (Lipinski definition) is 0. The summed E-state index contributed by atoms with van der Waals surface area (Å²) in [4.78, 5) is 21.4. The van der Waals surface area contributed by atoms with Gasteiger partial charge >= 0.3 is 0 Å². The Labute approximate surface area is 105 Å². The minimum Gasteiger partial charge on any atom is -0.300 e. The fraction of sp³-hybridized carbons (Fsp3) is 0.929. The molecule has 0 spiro atoms. The number of nitrogens with zero attached hydrogens (tertiary/aromatic N) is 1. The van der Waals surface area contributed by atoms with Gasteiger partial charge in [0.15, 0.2) is 0 Å². The molecule has 0 atom stereocenters. The molecule has 0 bridgehead atoms. The van der Waals surface area contributed by atoms with E-state index in [0.717, 1.165) is 6.42 Å². The normalized spacial score (nSPS) is 11.5. The van der Waals surface area contributed by atoms with E-state index in [2.05, 4.69) is 32.9 Å². The molecule has 3 nitrogen and oxygen atoms in total. The van der Waals surface area contributed by atoms with Crippen LogP contribution in [0.3, 0.4) is 0 Å². The Morgan fingerprint density at radius 2 is 1.53 bits per heavy atom. The van der Waals surface area contributed by atoms with E-state index in [1.54, 1.807) is 0 Å². The van der Waals surface area contributed by atoms with Crippen molar-refractivity contribution in [3.05, 3.63) is 4.91 Å². The summed E-state index contributed by atoms with van der Waals surface area (Å²) in [6.07, 6.45) is 4.28. The van der Waals surface area contributed by atoms with Crippen LogP contribution >= 0.6 is 0 Å². The Morgan fingerprint density at radius 3 is 1.94 bits per heavy atom. The predicted octanol–water partition coefficient (Wildman–Crippen LogP) is 4.20. The molecule has 0 aromatic carbocycles. The quantitative estimate of drug-likeness (QED) is 0.538. The zero-order valence-electron chi connectivity index (χ0n) is 11.7. The smallest absolute Gasteiger partial charge is 0.134 e. The maximum absolute atomic E-state index is 11.5. The van der Waals surface area contributed by atoms with Crippen LogP contribution in [0, 0.1) is 22.7 Å². The van der Waals surface area contributed by atoms with Gasteiger partial charge in [-0.15, -0.1) is 0 Å². The predicted molar refractivity (Wildman–Crippen MR) is 71.9 cm³/mol. The molecule has 0 aliphatic rings. The fourth-order valence-corrected chi connectivity index (χ4v) is 2.33. The average molecular weight is 241 g/mol. The van der Waals surface area contributed by atoms with E-state index < -0.39 is 0 Å². The molecule has 0 aliphatic heterocycles. The second-order valence-electron chi connectivity index (χ2n) is 5.81. The summed E-state index contributed by atoms with van der Waals surface area (Å²) >= 11 is 0. The molecule has 0 radical (unpaired) electrons. The van der Waals surface area contributed by atoms with Gasteiger partial charge < -0.3 is 0 Å². The molecule has 0 saturated carbocycles. The van der Waals surface area contributed by atoms with E-state index in [-0.39, 0.29) is 12.3 Å². The van der Waals surface area contributed by atoms with Gasteiger partial charge in [0, 0.05) is 12.8 Å². The van der Waals surface area contributed by atoms with Gasteiger partial charge in [-0.1, -0.05) is 32.9 Å². The van der Waals surface area contributed by atoms with E-state index in [1.165, 1.54) is 12.8 Å². The standard InChI is InChI=1S/C14H27NO2/c1-11(2)9-13(10-12(3)4)5-6-14(16)7-8-15-17/h11-13H,5-10H2,1-4H3. The van der Waals surface area contributed by atoms with Crippen LogP contribution in [0.15, 0.2) is 5.18 Å². The van der Waals surface area contributed by atoms with Crippen molar-refractivity contribution in [2.75, 3.05) is 6.54 Å². The minimum atomic E-state index is 0.137. The molecule has 0 aromatic rings. The summed E-state index contributed by atoms with van der Waals surface area (Å²) in [7, 11) is 0. The molecule has 0 heterocycles. The van der Waals surface area contributed by atoms with Crippen LogP contribution in [0.4, 0.5) is 0 Å². The average Bonchev–Trinajstić information content (AvgIpc) is 2.21. The summed E-state index contributed by atoms with van der Waals surface area (Å²) in [5.74, 6) is 2.20. The van der Waals surface area contributed by atoms with Crippen LogP contribution in [0.5, 0.6) is 0 Å². The Kier molecular flexibility index (Phi) is 8.92. The molecule has 0 aromatic heterocycles. The van der Waals surface area contributed by atoms with Gasteiger partial charge in [0.05, 0.1) is 6.54 Å². The first kappa shape index (κ1) is 16.3. The lowest BCUT2D eigenvalue weighted by Gasteiger charge is -2.20. The van der Waals surface area contributed by atoms with Crippen LogP contribution in [0.2, 0.25) is 0 Å². The Morgan fingerprint density at radius 1 is 1.00 bits per heavy atom. The van der Waals surface area contributed by atoms with Gasteiger partial charge in [-0.3, -0.25) is 4.79 Å². The zero-order chi connectivity index (χ0) is 13.3. The second-order valence-corrected chi connectivity index (χ2v) is 5.81. The highest BCUT2D eigenvalue weighted by molar-refractivity contribution is 5.78. The molecule has 0 N–H and O–H groups in total. The molecule has 3 heteroatoms. The van der Waals surface area contributed by atoms with E-state index in [9.17, 15) is 9.70 Å². The topological polar surface area (TPSA) is 46.5 Å². The van der Waals surface area contributed by atoms with Gasteiger partial charge in [-0.05, 0) is 37.0 Å². The van der Waals surface area contributed by atoms with E-state index in [4.69, 9.17) is 0 Å². The number of hydrogen-bond acceptors (Lipinski definition) is 3. The number of ketones is 1. The maximum Gasteiger partial charge on any atom is 0.134 e. The lowest BCUT2D eigenvalue weighted by Crippen LogP contribution is -2.11. The second kappa shape index (κ2) is 9.32. The van der Waals surface area contributed by atoms with Crippen molar-refractivity contribution in [3.8, 4) is 0 Å². The monoisotopic (exact) mass is 241 g/mol. The zero-order valence-corrected chi connectivity index (χ0v) is 11.7. The van der Waals surface area contributed by atoms with Gasteiger partial charge in [-0.2, -0.15) is 4.91 Å². The third-order valence-corrected chi connectivity index (χ3v) is 2.92. The molecule has 0 aliphatic carbocycles. The SMILES string of the molecule is CC(C)CC(CCC(=O)CCN=O)CC(C)C. The van der Waals surface area contributed by atoms with Crippen LogP contribution < -0.4 is 0 Å². The van der Waals surface area contributed by atoms with E-state index in [0.29, 0.717) is 30.6 Å². The van der Waals surface area contributed by atoms with Gasteiger partial charge in [0.25, 0.3) is 0 Å². The van der Waals surface area contributed by atoms with Crippen LogP contribution in [0.25, 0.3) is 0 Å². The molecule has 0 unspecified atom stereocenters. The van der Waals surface area contributed by atoms with Crippen molar-refractivity contribution < 1.29 is 4.79 Å². The summed E-state index contributed by atoms with van der Waals surface area (Å²) in [6.45, 7) is 9.05. The van der Waals surface area contributed by atoms with E-state index in [1.807, 2.05) is 0 Å². The third-order valence-electron chi connectivity index (χ3n) is 2.92. The number of rotatable bonds is 10. The maximum atomic E-state index is 11.5.